The first-order chi connectivity index (χ1) is 6.70. The van der Waals surface area contributed by atoms with E-state index in [0.29, 0.717) is 0 Å². The number of hydrogen-bond acceptors (Lipinski definition) is 1. The van der Waals surface area contributed by atoms with Gasteiger partial charge in [0.25, 0.3) is 0 Å². The first-order valence-corrected chi connectivity index (χ1v) is 4.94. The number of halogens is 1. The highest BCUT2D eigenvalue weighted by Gasteiger charge is 2.05. The van der Waals surface area contributed by atoms with Crippen LogP contribution in [0.2, 0.25) is 0 Å². The predicted octanol–water partition coefficient (Wildman–Crippen LogP) is 3.59. The molecule has 0 bridgehead atoms. The minimum Gasteiger partial charge on any atom is -0.324 e. The molecule has 0 radical (unpaired) electrons. The third-order valence-electron chi connectivity index (χ3n) is 2.67. The zero-order valence-electron chi connectivity index (χ0n) is 9.03. The van der Waals surface area contributed by atoms with Gasteiger partial charge in [-0.2, -0.15) is 0 Å². The second-order valence-corrected chi connectivity index (χ2v) is 3.81. The van der Waals surface area contributed by atoms with E-state index in [-0.39, 0.29) is 18.4 Å². The maximum absolute atomic E-state index is 5.93. The lowest BCUT2D eigenvalue weighted by molar-refractivity contribution is 0.826. The van der Waals surface area contributed by atoms with Crippen molar-refractivity contribution in [2.24, 2.45) is 5.73 Å². The molecule has 80 valence electrons. The Morgan fingerprint density at radius 3 is 2.20 bits per heavy atom. The second kappa shape index (κ2) is 4.65. The van der Waals surface area contributed by atoms with Gasteiger partial charge in [-0.05, 0) is 35.7 Å². The first kappa shape index (κ1) is 12.0. The summed E-state index contributed by atoms with van der Waals surface area (Å²) in [4.78, 5) is 0. The Hall–Kier alpha value is -1.05. The van der Waals surface area contributed by atoms with Crippen LogP contribution < -0.4 is 5.73 Å². The van der Waals surface area contributed by atoms with E-state index in [1.807, 2.05) is 6.92 Å². The topological polar surface area (TPSA) is 26.0 Å². The molecule has 2 rings (SSSR count). The van der Waals surface area contributed by atoms with Gasteiger partial charge in [0.2, 0.25) is 0 Å². The number of benzene rings is 2. The van der Waals surface area contributed by atoms with Crippen molar-refractivity contribution < 1.29 is 0 Å². The summed E-state index contributed by atoms with van der Waals surface area (Å²) < 4.78 is 0. The molecule has 0 amide bonds. The van der Waals surface area contributed by atoms with E-state index in [1.165, 1.54) is 21.9 Å². The molecule has 1 atom stereocenters. The van der Waals surface area contributed by atoms with Crippen LogP contribution in [0.1, 0.15) is 24.1 Å². The van der Waals surface area contributed by atoms with Crippen LogP contribution in [-0.2, 0) is 0 Å². The van der Waals surface area contributed by atoms with Crippen LogP contribution in [0.4, 0.5) is 0 Å². The average molecular weight is 222 g/mol. The van der Waals surface area contributed by atoms with Crippen molar-refractivity contribution in [3.8, 4) is 0 Å². The summed E-state index contributed by atoms with van der Waals surface area (Å²) in [6.45, 7) is 4.16. The van der Waals surface area contributed by atoms with Crippen LogP contribution in [0.5, 0.6) is 0 Å². The quantitative estimate of drug-likeness (QED) is 0.783. The van der Waals surface area contributed by atoms with Gasteiger partial charge in [0.15, 0.2) is 0 Å². The Labute approximate surface area is 96.7 Å². The lowest BCUT2D eigenvalue weighted by Gasteiger charge is -2.11. The molecule has 0 fully saturated rings. The molecule has 15 heavy (non-hydrogen) atoms. The largest absolute Gasteiger partial charge is 0.324 e. The molecule has 0 heterocycles. The minimum absolute atomic E-state index is 0. The molecule has 0 aliphatic heterocycles. The van der Waals surface area contributed by atoms with Crippen molar-refractivity contribution >= 4 is 23.2 Å². The summed E-state index contributed by atoms with van der Waals surface area (Å²) in [5, 5.41) is 2.59. The molecule has 2 aromatic rings. The summed E-state index contributed by atoms with van der Waals surface area (Å²) in [5.41, 5.74) is 8.47. The molecule has 0 aromatic heterocycles. The summed E-state index contributed by atoms with van der Waals surface area (Å²) in [6, 6.07) is 12.8. The molecule has 0 aliphatic rings. The number of rotatable bonds is 1. The van der Waals surface area contributed by atoms with E-state index in [9.17, 15) is 0 Å². The van der Waals surface area contributed by atoms with Crippen LogP contribution in [0.15, 0.2) is 36.4 Å². The van der Waals surface area contributed by atoms with Crippen molar-refractivity contribution in [1.82, 2.24) is 0 Å². The van der Waals surface area contributed by atoms with Crippen molar-refractivity contribution in [2.75, 3.05) is 0 Å². The molecule has 1 nitrogen and oxygen atoms in total. The highest BCUT2D eigenvalue weighted by molar-refractivity contribution is 5.88. The fraction of sp³-hybridized carbons (Fsp3) is 0.231. The summed E-state index contributed by atoms with van der Waals surface area (Å²) in [6.07, 6.45) is 0. The van der Waals surface area contributed by atoms with Gasteiger partial charge in [-0.15, -0.1) is 12.4 Å². The fourth-order valence-corrected chi connectivity index (χ4v) is 1.87. The van der Waals surface area contributed by atoms with Gasteiger partial charge in [0.1, 0.15) is 0 Å². The van der Waals surface area contributed by atoms with E-state index in [1.54, 1.807) is 0 Å². The van der Waals surface area contributed by atoms with Crippen molar-refractivity contribution in [1.29, 1.82) is 0 Å². The smallest absolute Gasteiger partial charge is 0.0272 e. The van der Waals surface area contributed by atoms with Gasteiger partial charge in [-0.25, -0.2) is 0 Å². The molecule has 0 saturated heterocycles. The van der Waals surface area contributed by atoms with Gasteiger partial charge >= 0.3 is 0 Å². The Morgan fingerprint density at radius 2 is 1.60 bits per heavy atom. The first-order valence-electron chi connectivity index (χ1n) is 4.94. The van der Waals surface area contributed by atoms with Crippen LogP contribution >= 0.6 is 12.4 Å². The third-order valence-corrected chi connectivity index (χ3v) is 2.67. The maximum Gasteiger partial charge on any atom is 0.0272 e. The summed E-state index contributed by atoms with van der Waals surface area (Å²) in [5.74, 6) is 0. The summed E-state index contributed by atoms with van der Waals surface area (Å²) >= 11 is 0. The molecule has 2 heteroatoms. The SMILES string of the molecule is Cc1ccc([C@H](C)N)c2ccccc12.Cl. The summed E-state index contributed by atoms with van der Waals surface area (Å²) in [7, 11) is 0. The Morgan fingerprint density at radius 1 is 1.00 bits per heavy atom. The van der Waals surface area contributed by atoms with Crippen LogP contribution in [0.3, 0.4) is 0 Å². The third kappa shape index (κ3) is 2.14. The molecule has 0 saturated carbocycles. The zero-order chi connectivity index (χ0) is 10.1. The molecule has 2 aromatic carbocycles. The lowest BCUT2D eigenvalue weighted by atomic mass is 9.97. The van der Waals surface area contributed by atoms with Crippen LogP contribution in [-0.4, -0.2) is 0 Å². The van der Waals surface area contributed by atoms with Crippen LogP contribution in [0.25, 0.3) is 10.8 Å². The van der Waals surface area contributed by atoms with E-state index >= 15 is 0 Å². The van der Waals surface area contributed by atoms with Gasteiger partial charge < -0.3 is 5.73 Å². The molecule has 0 aliphatic carbocycles. The Bertz CT molecular complexity index is 463. The Kier molecular flexibility index (Phi) is 3.72. The molecule has 0 unspecified atom stereocenters. The molecular formula is C13H16ClN. The van der Waals surface area contributed by atoms with Gasteiger partial charge in [0, 0.05) is 6.04 Å². The van der Waals surface area contributed by atoms with Gasteiger partial charge in [-0.3, -0.25) is 0 Å². The van der Waals surface area contributed by atoms with Crippen LogP contribution in [0, 0.1) is 6.92 Å². The maximum atomic E-state index is 5.93. The van der Waals surface area contributed by atoms with Crippen molar-refractivity contribution in [3.63, 3.8) is 0 Å². The van der Waals surface area contributed by atoms with E-state index in [4.69, 9.17) is 5.73 Å². The highest BCUT2D eigenvalue weighted by Crippen LogP contribution is 2.25. The predicted molar refractivity (Wildman–Crippen MR) is 68.5 cm³/mol. The van der Waals surface area contributed by atoms with E-state index < -0.39 is 0 Å². The highest BCUT2D eigenvalue weighted by atomic mass is 35.5. The number of aryl methyl sites for hydroxylation is 1. The molecular weight excluding hydrogens is 206 g/mol. The Balaban J connectivity index is 0.00000112. The van der Waals surface area contributed by atoms with E-state index in [0.717, 1.165) is 0 Å². The minimum atomic E-state index is 0. The monoisotopic (exact) mass is 221 g/mol. The standard InChI is InChI=1S/C13H15N.ClH/c1-9-7-8-12(10(2)14)13-6-4-3-5-11(9)13;/h3-8,10H,14H2,1-2H3;1H/t10-;/m0./s1. The molecule has 0 spiro atoms. The fourth-order valence-electron chi connectivity index (χ4n) is 1.87. The second-order valence-electron chi connectivity index (χ2n) is 3.81. The van der Waals surface area contributed by atoms with E-state index in [2.05, 4.69) is 43.3 Å². The van der Waals surface area contributed by atoms with Crippen molar-refractivity contribution in [2.45, 2.75) is 19.9 Å². The lowest BCUT2D eigenvalue weighted by Crippen LogP contribution is -2.05. The number of hydrogen-bond donors (Lipinski definition) is 1. The average Bonchev–Trinajstić information content (AvgIpc) is 2.18. The number of fused-ring (bicyclic) bond motifs is 1. The van der Waals surface area contributed by atoms with Crippen molar-refractivity contribution in [3.05, 3.63) is 47.5 Å². The van der Waals surface area contributed by atoms with Gasteiger partial charge in [-0.1, -0.05) is 36.4 Å². The van der Waals surface area contributed by atoms with Gasteiger partial charge in [0.05, 0.1) is 0 Å². The molecule has 2 N–H and O–H groups in total. The zero-order valence-corrected chi connectivity index (χ0v) is 9.84. The number of nitrogens with two attached hydrogens (primary N) is 1. The normalized spacial score (nSPS) is 12.2.